The Morgan fingerprint density at radius 2 is 1.75 bits per heavy atom. The van der Waals surface area contributed by atoms with Gasteiger partial charge in [-0.1, -0.05) is 30.3 Å². The van der Waals surface area contributed by atoms with Gasteiger partial charge in [0, 0.05) is 11.6 Å². The molecule has 1 aliphatic heterocycles. The molecule has 0 amide bonds. The summed E-state index contributed by atoms with van der Waals surface area (Å²) in [5, 5.41) is 57.0. The largest absolute Gasteiger partial charge is 0.505 e. The number of nitrogens with one attached hydrogen (secondary N) is 1. The van der Waals surface area contributed by atoms with E-state index in [0.717, 1.165) is 12.1 Å². The second-order valence-corrected chi connectivity index (χ2v) is 9.43. The van der Waals surface area contributed by atoms with Gasteiger partial charge in [0.1, 0.15) is 29.3 Å². The zero-order valence-electron chi connectivity index (χ0n) is 22.5. The average molecular weight is 601 g/mol. The Bertz CT molecular complexity index is 2040. The zero-order valence-corrected chi connectivity index (χ0v) is 22.5. The molecule has 14 heteroatoms. The summed E-state index contributed by atoms with van der Waals surface area (Å²) in [6.45, 7) is -0.668. The Morgan fingerprint density at radius 1 is 1.00 bits per heavy atom. The summed E-state index contributed by atoms with van der Waals surface area (Å²) in [6.07, 6.45) is 1.41. The van der Waals surface area contributed by atoms with Crippen molar-refractivity contribution in [1.82, 2.24) is 19.4 Å². The van der Waals surface area contributed by atoms with Gasteiger partial charge in [0.25, 0.3) is 0 Å². The lowest BCUT2D eigenvalue weighted by Crippen LogP contribution is -2.28. The minimum absolute atomic E-state index is 0.0355. The van der Waals surface area contributed by atoms with Gasteiger partial charge in [-0.2, -0.15) is 10.2 Å². The van der Waals surface area contributed by atoms with E-state index in [2.05, 4.69) is 15.2 Å². The highest BCUT2D eigenvalue weighted by molar-refractivity contribution is 5.91. The van der Waals surface area contributed by atoms with Crippen LogP contribution in [0.5, 0.6) is 5.75 Å². The fourth-order valence-electron chi connectivity index (χ4n) is 4.40. The van der Waals surface area contributed by atoms with Crippen molar-refractivity contribution in [1.29, 1.82) is 5.41 Å². The van der Waals surface area contributed by atoms with Crippen LogP contribution in [0.2, 0.25) is 0 Å². The zero-order chi connectivity index (χ0) is 31.0. The molecule has 3 aromatic carbocycles. The number of hydrogen-bond donors (Lipinski definition) is 5. The molecule has 0 aliphatic carbocycles. The topological polar surface area (TPSA) is 171 Å². The summed E-state index contributed by atoms with van der Waals surface area (Å²) in [4.78, 5) is 4.40. The molecule has 2 aromatic heterocycles. The van der Waals surface area contributed by atoms with Crippen LogP contribution < -0.4 is 10.2 Å². The highest BCUT2D eigenvalue weighted by Crippen LogP contribution is 2.29. The molecule has 6 rings (SSSR count). The molecule has 0 saturated heterocycles. The van der Waals surface area contributed by atoms with Crippen molar-refractivity contribution in [3.63, 3.8) is 0 Å². The van der Waals surface area contributed by atoms with Crippen molar-refractivity contribution >= 4 is 17.2 Å². The molecular formula is C30H22F2N6O6. The molecule has 222 valence electrons. The van der Waals surface area contributed by atoms with E-state index in [9.17, 15) is 29.2 Å². The van der Waals surface area contributed by atoms with E-state index in [1.165, 1.54) is 40.1 Å². The summed E-state index contributed by atoms with van der Waals surface area (Å²) in [6, 6.07) is 18.3. The van der Waals surface area contributed by atoms with Crippen LogP contribution in [0.1, 0.15) is 5.56 Å². The number of aliphatic hydroxyl groups excluding tert-OH is 4. The smallest absolute Gasteiger partial charge is 0.333 e. The molecule has 0 bridgehead atoms. The fourth-order valence-corrected chi connectivity index (χ4v) is 4.40. The summed E-state index contributed by atoms with van der Waals surface area (Å²) in [5.41, 5.74) is 1.63. The maximum absolute atomic E-state index is 14.7. The third-order valence-electron chi connectivity index (χ3n) is 6.60. The normalized spacial score (nSPS) is 15.3. The van der Waals surface area contributed by atoms with Crippen LogP contribution in [0.25, 0.3) is 28.0 Å². The summed E-state index contributed by atoms with van der Waals surface area (Å²) in [5.74, 6) is -4.33. The van der Waals surface area contributed by atoms with E-state index in [0.29, 0.717) is 16.8 Å². The van der Waals surface area contributed by atoms with Crippen molar-refractivity contribution in [2.75, 3.05) is 6.61 Å². The minimum Gasteiger partial charge on any atom is -0.505 e. The Kier molecular flexibility index (Phi) is 7.24. The molecule has 0 saturated carbocycles. The summed E-state index contributed by atoms with van der Waals surface area (Å²) >= 11 is 0. The van der Waals surface area contributed by atoms with Gasteiger partial charge in [0.05, 0.1) is 18.2 Å². The quantitative estimate of drug-likeness (QED) is 0.172. The number of rotatable bonds is 7. The molecular weight excluding hydrogens is 578 g/mol. The van der Waals surface area contributed by atoms with Crippen LogP contribution >= 0.6 is 0 Å². The van der Waals surface area contributed by atoms with Gasteiger partial charge in [0.15, 0.2) is 28.8 Å². The van der Waals surface area contributed by atoms with Crippen molar-refractivity contribution in [2.45, 2.75) is 6.10 Å². The van der Waals surface area contributed by atoms with Crippen LogP contribution in [0, 0.1) is 17.0 Å². The van der Waals surface area contributed by atoms with Crippen LogP contribution in [0.3, 0.4) is 0 Å². The minimum atomic E-state index is -1.31. The molecule has 5 N–H and O–H groups in total. The van der Waals surface area contributed by atoms with Crippen LogP contribution in [0.15, 0.2) is 107 Å². The first-order valence-electron chi connectivity index (χ1n) is 13.0. The van der Waals surface area contributed by atoms with Gasteiger partial charge >= 0.3 is 5.95 Å². The second kappa shape index (κ2) is 11.3. The maximum Gasteiger partial charge on any atom is 0.333 e. The van der Waals surface area contributed by atoms with Crippen LogP contribution in [0.4, 0.5) is 8.78 Å². The number of ether oxygens (including phenoxy) is 2. The number of aliphatic hydroxyl groups is 4. The first-order chi connectivity index (χ1) is 21.2. The first-order valence-corrected chi connectivity index (χ1v) is 13.0. The van der Waals surface area contributed by atoms with Gasteiger partial charge in [-0.15, -0.1) is 0 Å². The fraction of sp³-hybridized carbons (Fsp3) is 0.0667. The molecule has 12 nitrogen and oxygen atoms in total. The third kappa shape index (κ3) is 5.09. The number of aromatic nitrogens is 4. The first kappa shape index (κ1) is 28.1. The highest BCUT2D eigenvalue weighted by atomic mass is 19.1. The van der Waals surface area contributed by atoms with E-state index in [1.807, 2.05) is 6.07 Å². The number of hydrogen-bond acceptors (Lipinski definition) is 10. The maximum atomic E-state index is 14.7. The third-order valence-corrected chi connectivity index (χ3v) is 6.60. The predicted molar refractivity (Wildman–Crippen MR) is 152 cm³/mol. The Hall–Kier alpha value is -6.02. The van der Waals surface area contributed by atoms with E-state index < -0.39 is 47.6 Å². The molecule has 1 atom stereocenters. The Balaban J connectivity index is 1.32. The van der Waals surface area contributed by atoms with Crippen molar-refractivity contribution in [3.8, 4) is 22.7 Å². The molecule has 3 heterocycles. The lowest BCUT2D eigenvalue weighted by Gasteiger charge is -2.23. The van der Waals surface area contributed by atoms with Crippen LogP contribution in [-0.4, -0.2) is 58.8 Å². The molecule has 0 radical (unpaired) electrons. The number of benzene rings is 3. The lowest BCUT2D eigenvalue weighted by molar-refractivity contribution is -0.0175. The molecule has 1 unspecified atom stereocenters. The van der Waals surface area contributed by atoms with Gasteiger partial charge in [0.2, 0.25) is 11.5 Å². The van der Waals surface area contributed by atoms with E-state index in [-0.39, 0.29) is 28.0 Å². The predicted octanol–water partition coefficient (Wildman–Crippen LogP) is 4.35. The lowest BCUT2D eigenvalue weighted by atomic mass is 10.1. The van der Waals surface area contributed by atoms with Gasteiger partial charge < -0.3 is 29.9 Å². The number of fused-ring (bicyclic) bond motifs is 1. The van der Waals surface area contributed by atoms with Crippen molar-refractivity contribution < 1.29 is 38.7 Å². The monoisotopic (exact) mass is 600 g/mol. The molecule has 0 fully saturated rings. The molecule has 0 spiro atoms. The number of nitrogens with zero attached hydrogens (tertiary/aromatic N) is 5. The standard InChI is InChI=1S/C30H22F2N6O6/c31-18-8-11-21(20(32)12-18)38-29-23(24(36-38)17-4-2-1-3-5-17)28(33)37(15-34-29)35-13-16-6-9-19(10-7-16)43-30-27(42)26(41)25(40)22(14-39)44-30/h1-13,15,22,33,39-42H,14H2/b33-28?,35-13-. The molecule has 44 heavy (non-hydrogen) atoms. The summed E-state index contributed by atoms with van der Waals surface area (Å²) in [7, 11) is 0. The Morgan fingerprint density at radius 3 is 2.45 bits per heavy atom. The molecule has 1 aliphatic rings. The van der Waals surface area contributed by atoms with E-state index >= 15 is 0 Å². The van der Waals surface area contributed by atoms with E-state index in [1.54, 1.807) is 36.4 Å². The van der Waals surface area contributed by atoms with Gasteiger partial charge in [-0.25, -0.2) is 23.1 Å². The summed E-state index contributed by atoms with van der Waals surface area (Å²) < 4.78 is 41.4. The number of halogens is 2. The van der Waals surface area contributed by atoms with Crippen LogP contribution in [-0.2, 0) is 4.74 Å². The second-order valence-electron chi connectivity index (χ2n) is 9.43. The van der Waals surface area contributed by atoms with E-state index in [4.69, 9.17) is 14.9 Å². The van der Waals surface area contributed by atoms with Crippen molar-refractivity contribution in [3.05, 3.63) is 125 Å². The molecule has 5 aromatic rings. The Labute approximate surface area is 246 Å². The SMILES string of the molecule is N=c1c2c(-c3ccccc3)nn(-c3ccc(F)cc3F)c2ncn1/N=C\c1ccc(OC2=C(O)C(O)=C(O)C(CO)O2)cc1. The van der Waals surface area contributed by atoms with Gasteiger partial charge in [-0.3, -0.25) is 5.41 Å². The highest BCUT2D eigenvalue weighted by Gasteiger charge is 2.32. The van der Waals surface area contributed by atoms with Gasteiger partial charge in [-0.05, 0) is 42.0 Å². The van der Waals surface area contributed by atoms with Crippen molar-refractivity contribution in [2.24, 2.45) is 5.10 Å². The average Bonchev–Trinajstić information content (AvgIpc) is 3.42.